The summed E-state index contributed by atoms with van der Waals surface area (Å²) in [6.07, 6.45) is 0. The minimum atomic E-state index is 0.444. The lowest BCUT2D eigenvalue weighted by Gasteiger charge is -2.33. The zero-order valence-corrected chi connectivity index (χ0v) is 29.0. The first kappa shape index (κ1) is 30.2. The van der Waals surface area contributed by atoms with Gasteiger partial charge in [-0.1, -0.05) is 135 Å². The summed E-state index contributed by atoms with van der Waals surface area (Å²) in [6, 6.07) is 58.4. The Kier molecular flexibility index (Phi) is 7.18. The van der Waals surface area contributed by atoms with Crippen LogP contribution in [0.15, 0.2) is 158 Å². The van der Waals surface area contributed by atoms with Gasteiger partial charge in [0.15, 0.2) is 0 Å². The van der Waals surface area contributed by atoms with Crippen LogP contribution < -0.4 is 4.90 Å². The fourth-order valence-electron chi connectivity index (χ4n) is 8.01. The number of para-hydroxylation sites is 1. The van der Waals surface area contributed by atoms with Crippen molar-refractivity contribution < 1.29 is 0 Å². The summed E-state index contributed by atoms with van der Waals surface area (Å²) in [7, 11) is 0. The topological polar surface area (TPSA) is 3.24 Å². The van der Waals surface area contributed by atoms with Gasteiger partial charge >= 0.3 is 0 Å². The smallest absolute Gasteiger partial charge is 0.0493 e. The van der Waals surface area contributed by atoms with Gasteiger partial charge in [0, 0.05) is 17.1 Å². The van der Waals surface area contributed by atoms with Crippen molar-refractivity contribution in [2.45, 2.75) is 33.6 Å². The average molecular weight is 642 g/mol. The van der Waals surface area contributed by atoms with E-state index in [0.717, 1.165) is 0 Å². The van der Waals surface area contributed by atoms with Gasteiger partial charge in [-0.05, 0) is 139 Å². The summed E-state index contributed by atoms with van der Waals surface area (Å²) >= 11 is 0. The van der Waals surface area contributed by atoms with Crippen LogP contribution in [0.3, 0.4) is 0 Å². The third kappa shape index (κ3) is 4.76. The van der Waals surface area contributed by atoms with Gasteiger partial charge in [-0.3, -0.25) is 0 Å². The van der Waals surface area contributed by atoms with Crippen LogP contribution in [-0.2, 0) is 0 Å². The summed E-state index contributed by atoms with van der Waals surface area (Å²) in [5.74, 6) is 0.444. The molecule has 0 unspecified atom stereocenters. The fraction of sp³-hybridized carbons (Fsp3) is 0.102. The van der Waals surface area contributed by atoms with Crippen LogP contribution in [0.4, 0.5) is 17.1 Å². The molecule has 240 valence electrons. The number of fused-ring (bicyclic) bond motifs is 6. The second kappa shape index (κ2) is 11.9. The lowest BCUT2D eigenvalue weighted by molar-refractivity contribution is 0.865. The molecule has 0 atom stereocenters. The molecule has 0 fully saturated rings. The monoisotopic (exact) mass is 641 g/mol. The molecule has 0 N–H and O–H groups in total. The quantitative estimate of drug-likeness (QED) is 0.175. The van der Waals surface area contributed by atoms with E-state index >= 15 is 0 Å². The van der Waals surface area contributed by atoms with Gasteiger partial charge in [-0.2, -0.15) is 0 Å². The van der Waals surface area contributed by atoms with Crippen molar-refractivity contribution in [1.29, 1.82) is 0 Å². The van der Waals surface area contributed by atoms with Crippen molar-refractivity contribution in [2.24, 2.45) is 0 Å². The van der Waals surface area contributed by atoms with E-state index < -0.39 is 0 Å². The molecule has 1 aliphatic rings. The number of nitrogens with zero attached hydrogens (tertiary/aromatic N) is 1. The molecule has 1 aliphatic carbocycles. The zero-order valence-electron chi connectivity index (χ0n) is 29.0. The van der Waals surface area contributed by atoms with Crippen LogP contribution >= 0.6 is 0 Å². The minimum Gasteiger partial charge on any atom is -0.310 e. The lowest BCUT2D eigenvalue weighted by atomic mass is 9.70. The predicted molar refractivity (Wildman–Crippen MR) is 215 cm³/mol. The maximum Gasteiger partial charge on any atom is 0.0493 e. The Hall–Kier alpha value is -5.92. The number of anilines is 3. The molecule has 0 radical (unpaired) electrons. The molecule has 0 saturated heterocycles. The largest absolute Gasteiger partial charge is 0.310 e. The summed E-state index contributed by atoms with van der Waals surface area (Å²) in [5.41, 5.74) is 18.0. The molecule has 1 nitrogen and oxygen atoms in total. The average Bonchev–Trinajstić information content (AvgIpc) is 3.15. The van der Waals surface area contributed by atoms with Gasteiger partial charge in [-0.15, -0.1) is 0 Å². The summed E-state index contributed by atoms with van der Waals surface area (Å²) in [5, 5.41) is 5.09. The maximum absolute atomic E-state index is 2.46. The SMILES string of the molecule is Cc1ccccc1N(c1ccc2cc3c(cc2c1)-c1c-3c(-c2ccccc2)c2ccccc2c1-c1ccccc1)c1cc(C(C)C)ccc1C. The molecule has 50 heavy (non-hydrogen) atoms. The zero-order chi connectivity index (χ0) is 33.9. The summed E-state index contributed by atoms with van der Waals surface area (Å²) in [6.45, 7) is 8.98. The predicted octanol–water partition coefficient (Wildman–Crippen LogP) is 14.2. The van der Waals surface area contributed by atoms with Crippen LogP contribution in [0.1, 0.15) is 36.5 Å². The van der Waals surface area contributed by atoms with Crippen molar-refractivity contribution >= 4 is 38.6 Å². The van der Waals surface area contributed by atoms with Gasteiger partial charge in [-0.25, -0.2) is 0 Å². The van der Waals surface area contributed by atoms with E-state index in [2.05, 4.69) is 190 Å². The van der Waals surface area contributed by atoms with Crippen LogP contribution in [0.5, 0.6) is 0 Å². The molecule has 1 heteroatoms. The summed E-state index contributed by atoms with van der Waals surface area (Å²) < 4.78 is 0. The van der Waals surface area contributed by atoms with E-state index in [0.29, 0.717) is 5.92 Å². The van der Waals surface area contributed by atoms with Crippen molar-refractivity contribution in [1.82, 2.24) is 0 Å². The Morgan fingerprint density at radius 1 is 0.420 bits per heavy atom. The number of hydrogen-bond acceptors (Lipinski definition) is 1. The van der Waals surface area contributed by atoms with Gasteiger partial charge < -0.3 is 4.90 Å². The third-order valence-corrected chi connectivity index (χ3v) is 10.6. The van der Waals surface area contributed by atoms with E-state index in [1.54, 1.807) is 0 Å². The molecule has 0 aliphatic heterocycles. The molecule has 8 aromatic rings. The fourth-order valence-corrected chi connectivity index (χ4v) is 8.01. The minimum absolute atomic E-state index is 0.444. The maximum atomic E-state index is 2.46. The highest BCUT2D eigenvalue weighted by atomic mass is 15.1. The second-order valence-electron chi connectivity index (χ2n) is 14.0. The Labute approximate surface area is 295 Å². The first-order valence-electron chi connectivity index (χ1n) is 17.7. The normalized spacial score (nSPS) is 11.8. The molecule has 0 saturated carbocycles. The van der Waals surface area contributed by atoms with Crippen LogP contribution in [0, 0.1) is 13.8 Å². The Morgan fingerprint density at radius 2 is 0.960 bits per heavy atom. The standard InChI is InChI=1S/C49H39N/c1-31(2)36-24-23-33(4)45(30-36)50(44-22-14-11-15-32(44)3)39-26-25-37-28-42-43(29-38(37)27-39)49-47(35-18-9-6-10-19-35)41-21-13-12-20-40(41)46(48(42)49)34-16-7-5-8-17-34/h5-31H,1-4H3. The van der Waals surface area contributed by atoms with Gasteiger partial charge in [0.25, 0.3) is 0 Å². The number of rotatable bonds is 6. The van der Waals surface area contributed by atoms with Gasteiger partial charge in [0.1, 0.15) is 0 Å². The third-order valence-electron chi connectivity index (χ3n) is 10.6. The molecule has 9 rings (SSSR count). The first-order valence-corrected chi connectivity index (χ1v) is 17.7. The van der Waals surface area contributed by atoms with Gasteiger partial charge in [0.2, 0.25) is 0 Å². The molecule has 0 spiro atoms. The molecule has 0 aromatic heterocycles. The molecule has 0 heterocycles. The number of aryl methyl sites for hydroxylation is 2. The molecule has 8 aromatic carbocycles. The lowest BCUT2D eigenvalue weighted by Crippen LogP contribution is -2.13. The van der Waals surface area contributed by atoms with Crippen LogP contribution in [0.25, 0.3) is 66.1 Å². The van der Waals surface area contributed by atoms with Crippen LogP contribution in [-0.4, -0.2) is 0 Å². The highest BCUT2D eigenvalue weighted by Crippen LogP contribution is 2.60. The Bertz CT molecular complexity index is 2580. The van der Waals surface area contributed by atoms with Crippen LogP contribution in [0.2, 0.25) is 0 Å². The van der Waals surface area contributed by atoms with Crippen molar-refractivity contribution in [3.63, 3.8) is 0 Å². The van der Waals surface area contributed by atoms with E-state index in [9.17, 15) is 0 Å². The van der Waals surface area contributed by atoms with Gasteiger partial charge in [0.05, 0.1) is 0 Å². The first-order chi connectivity index (χ1) is 24.5. The highest BCUT2D eigenvalue weighted by molar-refractivity contribution is 6.26. The Morgan fingerprint density at radius 3 is 1.56 bits per heavy atom. The highest BCUT2D eigenvalue weighted by Gasteiger charge is 2.32. The van der Waals surface area contributed by atoms with E-state index in [1.807, 2.05) is 0 Å². The van der Waals surface area contributed by atoms with E-state index in [-0.39, 0.29) is 0 Å². The number of benzene rings is 8. The molecular weight excluding hydrogens is 603 g/mol. The molecule has 0 bridgehead atoms. The van der Waals surface area contributed by atoms with Crippen molar-refractivity contribution in [2.75, 3.05) is 4.90 Å². The van der Waals surface area contributed by atoms with E-state index in [4.69, 9.17) is 0 Å². The second-order valence-corrected chi connectivity index (χ2v) is 14.0. The van der Waals surface area contributed by atoms with Crippen molar-refractivity contribution in [3.05, 3.63) is 174 Å². The van der Waals surface area contributed by atoms with E-state index in [1.165, 1.54) is 99.8 Å². The summed E-state index contributed by atoms with van der Waals surface area (Å²) in [4.78, 5) is 2.46. The van der Waals surface area contributed by atoms with Crippen molar-refractivity contribution in [3.8, 4) is 44.5 Å². The molecular formula is C49H39N. The number of hydrogen-bond donors (Lipinski definition) is 0. The Balaban J connectivity index is 1.29. The molecule has 0 amide bonds.